The lowest BCUT2D eigenvalue weighted by Gasteiger charge is -2.31. The van der Waals surface area contributed by atoms with Gasteiger partial charge in [0.15, 0.2) is 0 Å². The van der Waals surface area contributed by atoms with E-state index in [4.69, 9.17) is 4.98 Å². The standard InChI is InChI=1S/C28H31N3O2S/c1-19-7-2-3-9-22(19)17-26(32)31-15-13-21(14-16-31)28-30-25(18-34-28)29-27(33)24-12-6-10-20-8-4-5-11-23(20)24/h2-5,7-9,11,18,21,24H,6,10,12-17H2,1H3,(H,29,33). The number of nitrogens with one attached hydrogen (secondary N) is 1. The number of nitrogens with zero attached hydrogens (tertiary/aromatic N) is 2. The molecular weight excluding hydrogens is 442 g/mol. The number of thiazole rings is 1. The lowest BCUT2D eigenvalue weighted by molar-refractivity contribution is -0.131. The van der Waals surface area contributed by atoms with Crippen LogP contribution in [0.25, 0.3) is 0 Å². The third kappa shape index (κ3) is 4.92. The monoisotopic (exact) mass is 473 g/mol. The second-order valence-corrected chi connectivity index (χ2v) is 10.4. The maximum atomic E-state index is 13.0. The zero-order valence-corrected chi connectivity index (χ0v) is 20.4. The molecule has 0 radical (unpaired) electrons. The number of benzene rings is 2. The fourth-order valence-corrected chi connectivity index (χ4v) is 6.15. The second-order valence-electron chi connectivity index (χ2n) is 9.46. The Hall–Kier alpha value is -2.99. The molecule has 0 spiro atoms. The summed E-state index contributed by atoms with van der Waals surface area (Å²) in [5.74, 6) is 1.14. The van der Waals surface area contributed by atoms with Crippen LogP contribution in [0.15, 0.2) is 53.9 Å². The van der Waals surface area contributed by atoms with Gasteiger partial charge in [-0.05, 0) is 61.3 Å². The van der Waals surface area contributed by atoms with Crippen molar-refractivity contribution in [2.75, 3.05) is 18.4 Å². The van der Waals surface area contributed by atoms with Crippen LogP contribution in [0.2, 0.25) is 0 Å². The number of anilines is 1. The molecule has 5 rings (SSSR count). The van der Waals surface area contributed by atoms with Gasteiger partial charge in [-0.3, -0.25) is 9.59 Å². The van der Waals surface area contributed by atoms with E-state index in [0.29, 0.717) is 18.2 Å². The number of aromatic nitrogens is 1. The van der Waals surface area contributed by atoms with Crippen molar-refractivity contribution < 1.29 is 9.59 Å². The number of hydrogen-bond acceptors (Lipinski definition) is 4. The van der Waals surface area contributed by atoms with Gasteiger partial charge in [0, 0.05) is 24.4 Å². The third-order valence-electron chi connectivity index (χ3n) is 7.26. The van der Waals surface area contributed by atoms with E-state index in [1.807, 2.05) is 40.6 Å². The van der Waals surface area contributed by atoms with Crippen LogP contribution in [0.3, 0.4) is 0 Å². The van der Waals surface area contributed by atoms with Gasteiger partial charge in [0.2, 0.25) is 11.8 Å². The molecule has 1 saturated heterocycles. The normalized spacial score (nSPS) is 18.4. The quantitative estimate of drug-likeness (QED) is 0.535. The van der Waals surface area contributed by atoms with Crippen LogP contribution in [0.5, 0.6) is 0 Å². The molecule has 176 valence electrons. The molecular formula is C28H31N3O2S. The van der Waals surface area contributed by atoms with Crippen molar-refractivity contribution in [3.63, 3.8) is 0 Å². The summed E-state index contributed by atoms with van der Waals surface area (Å²) in [5, 5.41) is 6.08. The van der Waals surface area contributed by atoms with Crippen LogP contribution in [0.4, 0.5) is 5.82 Å². The number of carbonyl (C=O) groups is 2. The number of rotatable bonds is 5. The molecule has 1 aliphatic heterocycles. The van der Waals surface area contributed by atoms with Crippen LogP contribution >= 0.6 is 11.3 Å². The van der Waals surface area contributed by atoms with Crippen molar-refractivity contribution in [1.82, 2.24) is 9.88 Å². The first-order chi connectivity index (χ1) is 16.6. The number of amides is 2. The Morgan fingerprint density at radius 2 is 1.82 bits per heavy atom. The third-order valence-corrected chi connectivity index (χ3v) is 8.27. The van der Waals surface area contributed by atoms with E-state index >= 15 is 0 Å². The van der Waals surface area contributed by atoms with Gasteiger partial charge in [-0.15, -0.1) is 11.3 Å². The number of likely N-dealkylation sites (tertiary alicyclic amines) is 1. The Balaban J connectivity index is 1.16. The number of fused-ring (bicyclic) bond motifs is 1. The second kappa shape index (κ2) is 10.1. The Bertz CT molecular complexity index is 1180. The van der Waals surface area contributed by atoms with Crippen molar-refractivity contribution in [2.24, 2.45) is 0 Å². The molecule has 2 heterocycles. The topological polar surface area (TPSA) is 62.3 Å². The highest BCUT2D eigenvalue weighted by molar-refractivity contribution is 7.10. The van der Waals surface area contributed by atoms with E-state index in [9.17, 15) is 9.59 Å². The van der Waals surface area contributed by atoms with Crippen molar-refractivity contribution >= 4 is 29.0 Å². The Morgan fingerprint density at radius 3 is 2.65 bits per heavy atom. The van der Waals surface area contributed by atoms with Crippen LogP contribution in [-0.2, 0) is 22.4 Å². The molecule has 1 aromatic heterocycles. The van der Waals surface area contributed by atoms with Crippen LogP contribution in [0, 0.1) is 6.92 Å². The zero-order valence-electron chi connectivity index (χ0n) is 19.6. The van der Waals surface area contributed by atoms with Crippen molar-refractivity contribution in [3.8, 4) is 0 Å². The summed E-state index contributed by atoms with van der Waals surface area (Å²) in [7, 11) is 0. The SMILES string of the molecule is Cc1ccccc1CC(=O)N1CCC(c2nc(NC(=O)C3CCCc4ccccc43)cs2)CC1. The van der Waals surface area contributed by atoms with E-state index in [2.05, 4.69) is 30.4 Å². The van der Waals surface area contributed by atoms with E-state index in [1.54, 1.807) is 11.3 Å². The zero-order chi connectivity index (χ0) is 23.5. The van der Waals surface area contributed by atoms with Crippen LogP contribution in [0.1, 0.15) is 64.8 Å². The molecule has 1 unspecified atom stereocenters. The van der Waals surface area contributed by atoms with Crippen LogP contribution in [-0.4, -0.2) is 34.8 Å². The van der Waals surface area contributed by atoms with Gasteiger partial charge in [0.1, 0.15) is 5.82 Å². The number of hydrogen-bond donors (Lipinski definition) is 1. The van der Waals surface area contributed by atoms with E-state index in [0.717, 1.165) is 61.3 Å². The molecule has 1 atom stereocenters. The fourth-order valence-electron chi connectivity index (χ4n) is 5.23. The summed E-state index contributed by atoms with van der Waals surface area (Å²) in [5.41, 5.74) is 4.72. The first-order valence-electron chi connectivity index (χ1n) is 12.2. The van der Waals surface area contributed by atoms with Gasteiger partial charge in [0.25, 0.3) is 0 Å². The largest absolute Gasteiger partial charge is 0.342 e. The fraction of sp³-hybridized carbons (Fsp3) is 0.393. The van der Waals surface area contributed by atoms with Gasteiger partial charge in [0.05, 0.1) is 17.3 Å². The number of carbonyl (C=O) groups excluding carboxylic acids is 2. The first kappa shape index (κ1) is 22.8. The number of aryl methyl sites for hydroxylation is 2. The highest BCUT2D eigenvalue weighted by Crippen LogP contribution is 2.34. The predicted molar refractivity (Wildman–Crippen MR) is 136 cm³/mol. The minimum absolute atomic E-state index is 0.0422. The predicted octanol–water partition coefficient (Wildman–Crippen LogP) is 5.46. The summed E-state index contributed by atoms with van der Waals surface area (Å²) in [6.07, 6.45) is 5.27. The molecule has 3 aromatic rings. The van der Waals surface area contributed by atoms with Gasteiger partial charge < -0.3 is 10.2 Å². The molecule has 5 nitrogen and oxygen atoms in total. The summed E-state index contributed by atoms with van der Waals surface area (Å²) in [4.78, 5) is 32.6. The van der Waals surface area contributed by atoms with Crippen molar-refractivity contribution in [2.45, 2.75) is 57.3 Å². The maximum absolute atomic E-state index is 13.0. The number of piperidine rings is 1. The van der Waals surface area contributed by atoms with E-state index in [1.165, 1.54) is 11.1 Å². The Labute approximate surface area is 205 Å². The molecule has 1 N–H and O–H groups in total. The first-order valence-corrected chi connectivity index (χ1v) is 13.1. The lowest BCUT2D eigenvalue weighted by atomic mass is 9.82. The Morgan fingerprint density at radius 1 is 1.06 bits per heavy atom. The summed E-state index contributed by atoms with van der Waals surface area (Å²) >= 11 is 1.62. The molecule has 2 amide bonds. The molecule has 1 fully saturated rings. The molecule has 34 heavy (non-hydrogen) atoms. The highest BCUT2D eigenvalue weighted by atomic mass is 32.1. The van der Waals surface area contributed by atoms with Gasteiger partial charge in [-0.2, -0.15) is 0 Å². The van der Waals surface area contributed by atoms with Crippen molar-refractivity contribution in [1.29, 1.82) is 0 Å². The smallest absolute Gasteiger partial charge is 0.233 e. The molecule has 0 saturated carbocycles. The maximum Gasteiger partial charge on any atom is 0.233 e. The van der Waals surface area contributed by atoms with Gasteiger partial charge in [-0.25, -0.2) is 4.98 Å². The molecule has 0 bridgehead atoms. The molecule has 2 aromatic carbocycles. The molecule has 1 aliphatic carbocycles. The Kier molecular flexibility index (Phi) is 6.77. The van der Waals surface area contributed by atoms with Gasteiger partial charge >= 0.3 is 0 Å². The average molecular weight is 474 g/mol. The highest BCUT2D eigenvalue weighted by Gasteiger charge is 2.28. The van der Waals surface area contributed by atoms with E-state index in [-0.39, 0.29) is 17.7 Å². The summed E-state index contributed by atoms with van der Waals surface area (Å²) in [6, 6.07) is 16.4. The van der Waals surface area contributed by atoms with E-state index < -0.39 is 0 Å². The molecule has 2 aliphatic rings. The minimum Gasteiger partial charge on any atom is -0.342 e. The van der Waals surface area contributed by atoms with Crippen LogP contribution < -0.4 is 5.32 Å². The van der Waals surface area contributed by atoms with Crippen molar-refractivity contribution in [3.05, 3.63) is 81.2 Å². The lowest BCUT2D eigenvalue weighted by Crippen LogP contribution is -2.38. The summed E-state index contributed by atoms with van der Waals surface area (Å²) < 4.78 is 0. The summed E-state index contributed by atoms with van der Waals surface area (Å²) in [6.45, 7) is 3.58. The minimum atomic E-state index is -0.0994. The molecule has 6 heteroatoms. The average Bonchev–Trinajstić information content (AvgIpc) is 3.33. The van der Waals surface area contributed by atoms with Gasteiger partial charge in [-0.1, -0.05) is 48.5 Å².